The fourth-order valence-corrected chi connectivity index (χ4v) is 1.41. The highest BCUT2D eigenvalue weighted by atomic mass is 16.3. The first-order chi connectivity index (χ1) is 6.95. The molecule has 4 N–H and O–H groups in total. The van der Waals surface area contributed by atoms with E-state index < -0.39 is 0 Å². The Bertz CT molecular complexity index is 181. The van der Waals surface area contributed by atoms with Gasteiger partial charge in [0.15, 0.2) is 0 Å². The lowest BCUT2D eigenvalue weighted by molar-refractivity contribution is -0.122. The van der Waals surface area contributed by atoms with Crippen molar-refractivity contribution < 1.29 is 9.90 Å². The number of carbonyl (C=O) groups is 1. The van der Waals surface area contributed by atoms with Gasteiger partial charge in [0.25, 0.3) is 0 Å². The monoisotopic (exact) mass is 216 g/mol. The molecule has 15 heavy (non-hydrogen) atoms. The second kappa shape index (κ2) is 7.65. The fraction of sp³-hybridized carbons (Fsp3) is 0.909. The maximum absolute atomic E-state index is 11.4. The van der Waals surface area contributed by atoms with Crippen molar-refractivity contribution in [3.05, 3.63) is 0 Å². The summed E-state index contributed by atoms with van der Waals surface area (Å²) in [6.45, 7) is 6.01. The molecule has 0 radical (unpaired) electrons. The molecule has 0 aromatic rings. The van der Waals surface area contributed by atoms with Crippen molar-refractivity contribution in [2.45, 2.75) is 52.1 Å². The topological polar surface area (TPSA) is 75.3 Å². The summed E-state index contributed by atoms with van der Waals surface area (Å²) in [5.74, 6) is 0.447. The van der Waals surface area contributed by atoms with Gasteiger partial charge < -0.3 is 16.2 Å². The molecule has 0 heterocycles. The van der Waals surface area contributed by atoms with Crippen LogP contribution in [0.4, 0.5) is 0 Å². The molecule has 0 aliphatic heterocycles. The van der Waals surface area contributed by atoms with Crippen LogP contribution >= 0.6 is 0 Å². The summed E-state index contributed by atoms with van der Waals surface area (Å²) < 4.78 is 0. The summed E-state index contributed by atoms with van der Waals surface area (Å²) >= 11 is 0. The van der Waals surface area contributed by atoms with E-state index in [-0.39, 0.29) is 24.6 Å². The predicted molar refractivity (Wildman–Crippen MR) is 61.4 cm³/mol. The molecule has 0 aromatic carbocycles. The van der Waals surface area contributed by atoms with Gasteiger partial charge in [0.05, 0.1) is 12.6 Å². The van der Waals surface area contributed by atoms with Crippen molar-refractivity contribution in [1.29, 1.82) is 0 Å². The molecule has 2 unspecified atom stereocenters. The zero-order chi connectivity index (χ0) is 11.8. The van der Waals surface area contributed by atoms with Gasteiger partial charge in [0.2, 0.25) is 5.91 Å². The van der Waals surface area contributed by atoms with E-state index in [1.54, 1.807) is 0 Å². The van der Waals surface area contributed by atoms with E-state index in [0.717, 1.165) is 6.42 Å². The maximum Gasteiger partial charge on any atom is 0.220 e. The standard InChI is InChI=1S/C11H24N2O2/c1-8(2)6-10(7-14)13-11(15)5-4-9(3)12/h8-10,14H,4-7,12H2,1-3H3,(H,13,15). The van der Waals surface area contributed by atoms with Crippen LogP contribution in [-0.4, -0.2) is 29.7 Å². The molecule has 0 bridgehead atoms. The van der Waals surface area contributed by atoms with E-state index in [4.69, 9.17) is 10.8 Å². The van der Waals surface area contributed by atoms with Crippen molar-refractivity contribution >= 4 is 5.91 Å². The Morgan fingerprint density at radius 2 is 2.00 bits per heavy atom. The molecule has 4 heteroatoms. The highest BCUT2D eigenvalue weighted by Gasteiger charge is 2.12. The number of aliphatic hydroxyl groups excluding tert-OH is 1. The Kier molecular flexibility index (Phi) is 7.34. The van der Waals surface area contributed by atoms with Crippen LogP contribution in [0.25, 0.3) is 0 Å². The lowest BCUT2D eigenvalue weighted by Crippen LogP contribution is -2.38. The minimum Gasteiger partial charge on any atom is -0.394 e. The van der Waals surface area contributed by atoms with Gasteiger partial charge in [-0.3, -0.25) is 4.79 Å². The number of amides is 1. The molecule has 0 saturated carbocycles. The summed E-state index contributed by atoms with van der Waals surface area (Å²) in [4.78, 5) is 11.4. The maximum atomic E-state index is 11.4. The Morgan fingerprint density at radius 3 is 2.40 bits per heavy atom. The summed E-state index contributed by atoms with van der Waals surface area (Å²) in [6.07, 6.45) is 1.93. The molecule has 1 amide bonds. The normalized spacial score (nSPS) is 15.1. The Morgan fingerprint density at radius 1 is 1.40 bits per heavy atom. The third-order valence-corrected chi connectivity index (χ3v) is 2.17. The van der Waals surface area contributed by atoms with Crippen molar-refractivity contribution in [1.82, 2.24) is 5.32 Å². The molecule has 90 valence electrons. The van der Waals surface area contributed by atoms with Crippen LogP contribution in [0.2, 0.25) is 0 Å². The molecule has 0 saturated heterocycles. The highest BCUT2D eigenvalue weighted by molar-refractivity contribution is 5.76. The first-order valence-corrected chi connectivity index (χ1v) is 5.61. The lowest BCUT2D eigenvalue weighted by Gasteiger charge is -2.18. The minimum absolute atomic E-state index is 0.00208. The number of hydrogen-bond donors (Lipinski definition) is 3. The van der Waals surface area contributed by atoms with Gasteiger partial charge in [-0.25, -0.2) is 0 Å². The second-order valence-corrected chi connectivity index (χ2v) is 4.59. The predicted octanol–water partition coefficient (Wildman–Crippen LogP) is 0.637. The average Bonchev–Trinajstić information content (AvgIpc) is 2.13. The quantitative estimate of drug-likeness (QED) is 0.584. The average molecular weight is 216 g/mol. The van der Waals surface area contributed by atoms with Crippen LogP contribution in [-0.2, 0) is 4.79 Å². The minimum atomic E-state index is -0.120. The molecule has 0 spiro atoms. The van der Waals surface area contributed by atoms with Crippen LogP contribution in [0.3, 0.4) is 0 Å². The third-order valence-electron chi connectivity index (χ3n) is 2.17. The zero-order valence-corrected chi connectivity index (χ0v) is 9.99. The number of nitrogens with two attached hydrogens (primary N) is 1. The Hall–Kier alpha value is -0.610. The molecule has 0 rings (SSSR count). The summed E-state index contributed by atoms with van der Waals surface area (Å²) in [6, 6.07) is -0.0704. The molecular weight excluding hydrogens is 192 g/mol. The number of carbonyl (C=O) groups excluding carboxylic acids is 1. The third kappa shape index (κ3) is 8.39. The molecule has 0 aliphatic carbocycles. The van der Waals surface area contributed by atoms with Gasteiger partial charge >= 0.3 is 0 Å². The Balaban J connectivity index is 3.80. The van der Waals surface area contributed by atoms with E-state index >= 15 is 0 Å². The molecule has 4 nitrogen and oxygen atoms in total. The summed E-state index contributed by atoms with van der Waals surface area (Å²) in [5, 5.41) is 11.9. The first kappa shape index (κ1) is 14.4. The van der Waals surface area contributed by atoms with Crippen LogP contribution in [0.15, 0.2) is 0 Å². The van der Waals surface area contributed by atoms with Crippen molar-refractivity contribution in [2.75, 3.05) is 6.61 Å². The van der Waals surface area contributed by atoms with E-state index in [0.29, 0.717) is 18.8 Å². The fourth-order valence-electron chi connectivity index (χ4n) is 1.41. The van der Waals surface area contributed by atoms with Gasteiger partial charge in [0.1, 0.15) is 0 Å². The highest BCUT2D eigenvalue weighted by Crippen LogP contribution is 2.04. The number of rotatable bonds is 7. The Labute approximate surface area is 92.2 Å². The largest absolute Gasteiger partial charge is 0.394 e. The van der Waals surface area contributed by atoms with Gasteiger partial charge in [-0.1, -0.05) is 13.8 Å². The van der Waals surface area contributed by atoms with Crippen LogP contribution < -0.4 is 11.1 Å². The number of nitrogens with one attached hydrogen (secondary N) is 1. The van der Waals surface area contributed by atoms with E-state index in [1.807, 2.05) is 6.92 Å². The second-order valence-electron chi connectivity index (χ2n) is 4.59. The van der Waals surface area contributed by atoms with E-state index in [9.17, 15) is 4.79 Å². The SMILES string of the molecule is CC(C)CC(CO)NC(=O)CCC(C)N. The zero-order valence-electron chi connectivity index (χ0n) is 9.99. The van der Waals surface area contributed by atoms with E-state index in [2.05, 4.69) is 19.2 Å². The summed E-state index contributed by atoms with van der Waals surface area (Å²) in [7, 11) is 0. The molecule has 2 atom stereocenters. The summed E-state index contributed by atoms with van der Waals surface area (Å²) in [5.41, 5.74) is 5.56. The van der Waals surface area contributed by atoms with Crippen molar-refractivity contribution in [3.63, 3.8) is 0 Å². The van der Waals surface area contributed by atoms with Gasteiger partial charge in [0, 0.05) is 12.5 Å². The number of hydrogen-bond acceptors (Lipinski definition) is 3. The smallest absolute Gasteiger partial charge is 0.220 e. The van der Waals surface area contributed by atoms with Gasteiger partial charge in [-0.05, 0) is 25.7 Å². The van der Waals surface area contributed by atoms with Crippen molar-refractivity contribution in [2.24, 2.45) is 11.7 Å². The molecular formula is C11H24N2O2. The van der Waals surface area contributed by atoms with Crippen LogP contribution in [0.5, 0.6) is 0 Å². The van der Waals surface area contributed by atoms with Crippen LogP contribution in [0, 0.1) is 5.92 Å². The van der Waals surface area contributed by atoms with Gasteiger partial charge in [-0.15, -0.1) is 0 Å². The molecule has 0 fully saturated rings. The first-order valence-electron chi connectivity index (χ1n) is 5.61. The lowest BCUT2D eigenvalue weighted by atomic mass is 10.0. The van der Waals surface area contributed by atoms with E-state index in [1.165, 1.54) is 0 Å². The molecule has 0 aromatic heterocycles. The van der Waals surface area contributed by atoms with Crippen molar-refractivity contribution in [3.8, 4) is 0 Å². The number of aliphatic hydroxyl groups is 1. The van der Waals surface area contributed by atoms with Crippen LogP contribution in [0.1, 0.15) is 40.0 Å². The van der Waals surface area contributed by atoms with Gasteiger partial charge in [-0.2, -0.15) is 0 Å². The molecule has 0 aliphatic rings.